The average molecular weight is 453 g/mol. The fourth-order valence-corrected chi connectivity index (χ4v) is 3.00. The molecule has 1 heterocycles. The number of ether oxygens (including phenoxy) is 1. The predicted octanol–water partition coefficient (Wildman–Crippen LogP) is 6.45. The topological polar surface area (TPSA) is 56.5 Å². The number of carbonyl (C=O) groups excluding carboxylic acids is 2. The molecule has 0 atom stereocenters. The smallest absolute Gasteiger partial charge is 0.379 e. The molecule has 0 radical (unpaired) electrons. The third kappa shape index (κ3) is 5.33. The first kappa shape index (κ1) is 20.8. The zero-order valence-corrected chi connectivity index (χ0v) is 18.0. The van der Waals surface area contributed by atoms with Gasteiger partial charge in [0.15, 0.2) is 10.5 Å². The SMILES string of the molecule is CC(C)(C)c1ccc(/C=C/C(=O)c2ccccc2OC(=O)c2ccc(Br)o2)cc1. The average Bonchev–Trinajstić information content (AvgIpc) is 3.13. The molecule has 3 rings (SSSR count). The van der Waals surface area contributed by atoms with Crippen molar-refractivity contribution in [1.82, 2.24) is 0 Å². The van der Waals surface area contributed by atoms with Gasteiger partial charge in [-0.25, -0.2) is 4.79 Å². The van der Waals surface area contributed by atoms with Gasteiger partial charge >= 0.3 is 5.97 Å². The van der Waals surface area contributed by atoms with Gasteiger partial charge < -0.3 is 9.15 Å². The Morgan fingerprint density at radius 2 is 1.66 bits per heavy atom. The minimum Gasteiger partial charge on any atom is -0.442 e. The normalized spacial score (nSPS) is 11.6. The second-order valence-electron chi connectivity index (χ2n) is 7.56. The Labute approximate surface area is 178 Å². The fourth-order valence-electron chi connectivity index (χ4n) is 2.69. The zero-order chi connectivity index (χ0) is 21.0. The first-order valence-corrected chi connectivity index (χ1v) is 9.93. The van der Waals surface area contributed by atoms with E-state index in [0.29, 0.717) is 10.2 Å². The highest BCUT2D eigenvalue weighted by atomic mass is 79.9. The van der Waals surface area contributed by atoms with Crippen LogP contribution in [0.5, 0.6) is 5.75 Å². The van der Waals surface area contributed by atoms with Gasteiger partial charge in [0.05, 0.1) is 5.56 Å². The van der Waals surface area contributed by atoms with Crippen molar-refractivity contribution in [3.63, 3.8) is 0 Å². The van der Waals surface area contributed by atoms with E-state index in [1.807, 2.05) is 12.1 Å². The molecule has 4 nitrogen and oxygen atoms in total. The van der Waals surface area contributed by atoms with Gasteiger partial charge in [0.25, 0.3) is 0 Å². The Kier molecular flexibility index (Phi) is 6.18. The van der Waals surface area contributed by atoms with Crippen molar-refractivity contribution in [2.45, 2.75) is 26.2 Å². The van der Waals surface area contributed by atoms with Crippen molar-refractivity contribution >= 4 is 33.8 Å². The van der Waals surface area contributed by atoms with Crippen LogP contribution < -0.4 is 4.74 Å². The van der Waals surface area contributed by atoms with Crippen LogP contribution in [0, 0.1) is 0 Å². The Balaban J connectivity index is 1.76. The minimum absolute atomic E-state index is 0.0496. The van der Waals surface area contributed by atoms with E-state index in [1.165, 1.54) is 17.7 Å². The Hall–Kier alpha value is -2.92. The van der Waals surface area contributed by atoms with Crippen LogP contribution >= 0.6 is 15.9 Å². The van der Waals surface area contributed by atoms with Gasteiger partial charge in [-0.05, 0) is 62.8 Å². The van der Waals surface area contributed by atoms with Crippen LogP contribution in [-0.2, 0) is 5.41 Å². The van der Waals surface area contributed by atoms with Crippen LogP contribution in [0.3, 0.4) is 0 Å². The van der Waals surface area contributed by atoms with Crippen molar-refractivity contribution in [3.8, 4) is 5.75 Å². The van der Waals surface area contributed by atoms with E-state index in [2.05, 4.69) is 48.8 Å². The summed E-state index contributed by atoms with van der Waals surface area (Å²) in [4.78, 5) is 24.9. The molecule has 2 aromatic carbocycles. The standard InChI is InChI=1S/C24H21BrO4/c1-24(2,3)17-11-8-16(9-12-17)10-13-19(26)18-6-4-5-7-20(18)29-23(27)21-14-15-22(25)28-21/h4-15H,1-3H3/b13-10+. The van der Waals surface area contributed by atoms with Gasteiger partial charge in [-0.15, -0.1) is 0 Å². The van der Waals surface area contributed by atoms with E-state index < -0.39 is 5.97 Å². The van der Waals surface area contributed by atoms with E-state index in [9.17, 15) is 9.59 Å². The number of furan rings is 1. The third-order valence-corrected chi connectivity index (χ3v) is 4.76. The molecule has 148 valence electrons. The summed E-state index contributed by atoms with van der Waals surface area (Å²) in [6, 6.07) is 17.8. The summed E-state index contributed by atoms with van der Waals surface area (Å²) in [6.07, 6.45) is 3.22. The highest BCUT2D eigenvalue weighted by Crippen LogP contribution is 2.24. The highest BCUT2D eigenvalue weighted by molar-refractivity contribution is 9.10. The van der Waals surface area contributed by atoms with Crippen LogP contribution in [0.15, 0.2) is 75.8 Å². The number of hydrogen-bond donors (Lipinski definition) is 0. The van der Waals surface area contributed by atoms with Crippen molar-refractivity contribution in [2.75, 3.05) is 0 Å². The molecule has 3 aromatic rings. The number of para-hydroxylation sites is 1. The van der Waals surface area contributed by atoms with Gasteiger partial charge in [-0.1, -0.05) is 63.2 Å². The zero-order valence-electron chi connectivity index (χ0n) is 16.4. The maximum Gasteiger partial charge on any atom is 0.379 e. The minimum atomic E-state index is -0.669. The van der Waals surface area contributed by atoms with Crippen molar-refractivity contribution in [1.29, 1.82) is 0 Å². The molecule has 0 aliphatic heterocycles. The number of benzene rings is 2. The van der Waals surface area contributed by atoms with Crippen LogP contribution in [0.4, 0.5) is 0 Å². The van der Waals surface area contributed by atoms with E-state index in [1.54, 1.807) is 36.4 Å². The van der Waals surface area contributed by atoms with E-state index in [4.69, 9.17) is 9.15 Å². The lowest BCUT2D eigenvalue weighted by Crippen LogP contribution is -2.10. The molecule has 0 unspecified atom stereocenters. The summed E-state index contributed by atoms with van der Waals surface area (Å²) in [6.45, 7) is 6.46. The maximum atomic E-state index is 12.7. The molecule has 0 amide bonds. The third-order valence-electron chi connectivity index (χ3n) is 4.33. The predicted molar refractivity (Wildman–Crippen MR) is 116 cm³/mol. The lowest BCUT2D eigenvalue weighted by atomic mass is 9.87. The van der Waals surface area contributed by atoms with E-state index in [0.717, 1.165) is 5.56 Å². The molecule has 0 spiro atoms. The molecule has 0 aliphatic carbocycles. The highest BCUT2D eigenvalue weighted by Gasteiger charge is 2.17. The van der Waals surface area contributed by atoms with Gasteiger partial charge in [0.2, 0.25) is 5.76 Å². The summed E-state index contributed by atoms with van der Waals surface area (Å²) in [5, 5.41) is 0. The summed E-state index contributed by atoms with van der Waals surface area (Å²) < 4.78 is 11.0. The lowest BCUT2D eigenvalue weighted by molar-refractivity contribution is 0.0698. The molecule has 0 bridgehead atoms. The molecule has 0 saturated carbocycles. The first-order valence-electron chi connectivity index (χ1n) is 9.13. The maximum absolute atomic E-state index is 12.7. The monoisotopic (exact) mass is 452 g/mol. The number of carbonyl (C=O) groups is 2. The fraction of sp³-hybridized carbons (Fsp3) is 0.167. The van der Waals surface area contributed by atoms with Crippen molar-refractivity contribution < 1.29 is 18.7 Å². The largest absolute Gasteiger partial charge is 0.442 e. The summed E-state index contributed by atoms with van der Waals surface area (Å²) >= 11 is 3.14. The number of allylic oxidation sites excluding steroid dienone is 1. The molecular weight excluding hydrogens is 432 g/mol. The number of ketones is 1. The van der Waals surface area contributed by atoms with Crippen molar-refractivity contribution in [2.24, 2.45) is 0 Å². The lowest BCUT2D eigenvalue weighted by Gasteiger charge is -2.18. The van der Waals surface area contributed by atoms with Crippen LogP contribution in [0.25, 0.3) is 6.08 Å². The Morgan fingerprint density at radius 1 is 0.966 bits per heavy atom. The number of hydrogen-bond acceptors (Lipinski definition) is 4. The molecule has 0 fully saturated rings. The summed E-state index contributed by atoms with van der Waals surface area (Å²) in [5.41, 5.74) is 2.52. The second-order valence-corrected chi connectivity index (χ2v) is 8.34. The van der Waals surface area contributed by atoms with E-state index in [-0.39, 0.29) is 22.7 Å². The molecule has 0 aliphatic rings. The second kappa shape index (κ2) is 8.62. The van der Waals surface area contributed by atoms with Gasteiger partial charge in [0, 0.05) is 0 Å². The van der Waals surface area contributed by atoms with Crippen LogP contribution in [0.1, 0.15) is 52.8 Å². The van der Waals surface area contributed by atoms with Crippen molar-refractivity contribution in [3.05, 3.63) is 93.9 Å². The first-order chi connectivity index (χ1) is 13.7. The van der Waals surface area contributed by atoms with E-state index >= 15 is 0 Å². The molecule has 1 aromatic heterocycles. The number of rotatable bonds is 5. The molecule has 0 saturated heterocycles. The van der Waals surface area contributed by atoms with Gasteiger partial charge in [0.1, 0.15) is 5.75 Å². The quantitative estimate of drug-likeness (QED) is 0.193. The molecule has 29 heavy (non-hydrogen) atoms. The number of halogens is 1. The van der Waals surface area contributed by atoms with Crippen LogP contribution in [-0.4, -0.2) is 11.8 Å². The summed E-state index contributed by atoms with van der Waals surface area (Å²) in [7, 11) is 0. The number of esters is 1. The van der Waals surface area contributed by atoms with Gasteiger partial charge in [-0.3, -0.25) is 4.79 Å². The molecule has 0 N–H and O–H groups in total. The van der Waals surface area contributed by atoms with Gasteiger partial charge in [-0.2, -0.15) is 0 Å². The Morgan fingerprint density at radius 3 is 2.28 bits per heavy atom. The van der Waals surface area contributed by atoms with Crippen LogP contribution in [0.2, 0.25) is 0 Å². The molecule has 5 heteroatoms. The molecular formula is C24H21BrO4. The summed E-state index contributed by atoms with van der Waals surface area (Å²) in [5.74, 6) is -0.692. The Bertz CT molecular complexity index is 1050.